The molecular weight excluding hydrogens is 1120 g/mol. The third kappa shape index (κ3) is 8.75. The summed E-state index contributed by atoms with van der Waals surface area (Å²) < 4.78 is 53.1. The molecule has 7 aromatic carbocycles. The molecule has 0 unspecified atom stereocenters. The van der Waals surface area contributed by atoms with E-state index in [2.05, 4.69) is 166 Å². The molecule has 14 rings (SSSR count). The zero-order chi connectivity index (χ0) is 55.7. The number of nitrogens with zero attached hydrogens (tertiary/aromatic N) is 7. The van der Waals surface area contributed by atoms with E-state index in [1.54, 1.807) is 46.0 Å². The third-order valence-corrected chi connectivity index (χ3v) is 14.8. The van der Waals surface area contributed by atoms with Crippen LogP contribution in [0.5, 0.6) is 0 Å². The van der Waals surface area contributed by atoms with Crippen molar-refractivity contribution in [3.63, 3.8) is 0 Å². The Bertz CT molecular complexity index is 4590. The SMILES string of the molecule is [2H]C([2H])([2H])c1ccnc2c3[c-]cc(CCc4cc(CCc5c[c-]c6c(c5)c5ccnn5c5c(C([2H])([2H])[2H])ccnc65)cc(-c5ccccc5-c5c[c-]c(-c6cc(-c7ccc(-c8ccccc8)cc7)ccn6)cc5)c4)cc3c3ccnn3c12.[Ir+3]. The number of aryl methyl sites for hydroxylation is 6. The van der Waals surface area contributed by atoms with Crippen LogP contribution < -0.4 is 0 Å². The van der Waals surface area contributed by atoms with Crippen molar-refractivity contribution < 1.29 is 28.3 Å². The molecule has 0 spiro atoms. The molecule has 77 heavy (non-hydrogen) atoms. The molecule has 0 N–H and O–H groups in total. The van der Waals surface area contributed by atoms with Crippen LogP contribution in [0.4, 0.5) is 0 Å². The molecule has 0 aliphatic heterocycles. The van der Waals surface area contributed by atoms with Gasteiger partial charge in [-0.25, -0.2) is 9.03 Å². The fraction of sp³-hybridized carbons (Fsp3) is 0.0870. The zero-order valence-electron chi connectivity index (χ0n) is 47.4. The van der Waals surface area contributed by atoms with Crippen LogP contribution in [0.3, 0.4) is 0 Å². The van der Waals surface area contributed by atoms with Gasteiger partial charge < -0.3 is 15.0 Å². The minimum atomic E-state index is -2.35. The number of hydrogen-bond acceptors (Lipinski definition) is 5. The predicted molar refractivity (Wildman–Crippen MR) is 308 cm³/mol. The van der Waals surface area contributed by atoms with E-state index in [9.17, 15) is 0 Å². The van der Waals surface area contributed by atoms with Crippen LogP contribution in [0.15, 0.2) is 207 Å². The standard InChI is InChI=1S/C69H48N7.Ir/c1-44-28-33-71-66-59-26-16-46(41-61(59)64-31-36-73-75(64)68(44)66)12-14-48-38-49(15-13-47-17-27-60-62(42-47)65-32-37-74-76(65)69-45(2)29-34-72-67(60)69)40-56(39-48)58-11-7-6-10-57(58)53-22-24-54(25-23-53)63-43-55(30-35-70-63)52-20-18-51(19-21-52)50-8-4-3-5-9-50;/h3-11,16-24,28-43H,12-15H2,1-2H3;/q-3;+3/i1D3,2D3;. The first kappa shape index (κ1) is 41.3. The largest absolute Gasteiger partial charge is 3.00 e. The molecule has 0 radical (unpaired) electrons. The van der Waals surface area contributed by atoms with Gasteiger partial charge in [0.25, 0.3) is 0 Å². The van der Waals surface area contributed by atoms with Crippen molar-refractivity contribution in [3.05, 3.63) is 258 Å². The van der Waals surface area contributed by atoms with Crippen LogP contribution >= 0.6 is 0 Å². The number of rotatable bonds is 11. The van der Waals surface area contributed by atoms with Crippen LogP contribution in [0, 0.1) is 31.9 Å². The summed E-state index contributed by atoms with van der Waals surface area (Å²) in [6.45, 7) is -4.70. The van der Waals surface area contributed by atoms with Gasteiger partial charge in [0.2, 0.25) is 0 Å². The Morgan fingerprint density at radius 2 is 0.935 bits per heavy atom. The maximum Gasteiger partial charge on any atom is 3.00 e. The average Bonchev–Trinajstić information content (AvgIpc) is 3.07. The summed E-state index contributed by atoms with van der Waals surface area (Å²) in [5, 5.41) is 12.5. The molecule has 0 amide bonds. The Kier molecular flexibility index (Phi) is 10.7. The molecule has 0 aliphatic carbocycles. The van der Waals surface area contributed by atoms with E-state index in [1.807, 2.05) is 42.6 Å². The monoisotopic (exact) mass is 1170 g/mol. The Balaban J connectivity index is 0.00000645. The number of fused-ring (bicyclic) bond motifs is 12. The van der Waals surface area contributed by atoms with Crippen molar-refractivity contribution in [2.75, 3.05) is 0 Å². The van der Waals surface area contributed by atoms with Gasteiger partial charge in [0.15, 0.2) is 0 Å². The molecule has 0 atom stereocenters. The van der Waals surface area contributed by atoms with Crippen LogP contribution in [0.25, 0.3) is 110 Å². The molecule has 0 saturated carbocycles. The van der Waals surface area contributed by atoms with E-state index in [0.29, 0.717) is 22.1 Å². The van der Waals surface area contributed by atoms with E-state index >= 15 is 0 Å². The molecule has 14 aromatic rings. The number of hydrogen-bond donors (Lipinski definition) is 0. The third-order valence-electron chi connectivity index (χ3n) is 14.8. The quantitative estimate of drug-likeness (QED) is 0.0953. The van der Waals surface area contributed by atoms with Gasteiger partial charge in [0.05, 0.1) is 11.0 Å². The Morgan fingerprint density at radius 1 is 0.416 bits per heavy atom. The van der Waals surface area contributed by atoms with Gasteiger partial charge in [-0.15, -0.1) is 88.1 Å². The first-order valence-electron chi connectivity index (χ1n) is 28.4. The molecule has 0 aliphatic rings. The summed E-state index contributed by atoms with van der Waals surface area (Å²) in [4.78, 5) is 14.1. The number of benzene rings is 7. The smallest absolute Gasteiger partial charge is 0.305 e. The van der Waals surface area contributed by atoms with Gasteiger partial charge in [-0.05, 0) is 118 Å². The van der Waals surface area contributed by atoms with E-state index < -0.39 is 13.7 Å². The van der Waals surface area contributed by atoms with Crippen LogP contribution in [-0.2, 0) is 45.8 Å². The Hall–Kier alpha value is -8.94. The summed E-state index contributed by atoms with van der Waals surface area (Å²) in [7, 11) is 0. The first-order valence-corrected chi connectivity index (χ1v) is 25.4. The van der Waals surface area contributed by atoms with Crippen molar-refractivity contribution in [2.45, 2.75) is 39.4 Å². The second kappa shape index (κ2) is 20.0. The molecule has 0 fully saturated rings. The van der Waals surface area contributed by atoms with Crippen LogP contribution in [0.2, 0.25) is 0 Å². The maximum absolute atomic E-state index is 8.29. The van der Waals surface area contributed by atoms with Gasteiger partial charge in [-0.1, -0.05) is 138 Å². The summed E-state index contributed by atoms with van der Waals surface area (Å²) >= 11 is 0. The van der Waals surface area contributed by atoms with E-state index in [-0.39, 0.29) is 31.2 Å². The van der Waals surface area contributed by atoms with Gasteiger partial charge in [0.1, 0.15) is 0 Å². The summed E-state index contributed by atoms with van der Waals surface area (Å²) in [6.07, 6.45) is 11.3. The number of aromatic nitrogens is 7. The summed E-state index contributed by atoms with van der Waals surface area (Å²) in [5.74, 6) is 0. The van der Waals surface area contributed by atoms with Crippen molar-refractivity contribution in [3.8, 4) is 55.8 Å². The topological polar surface area (TPSA) is 73.3 Å². The summed E-state index contributed by atoms with van der Waals surface area (Å²) in [5.41, 5.74) is 19.2. The molecule has 7 heterocycles. The van der Waals surface area contributed by atoms with E-state index in [1.165, 1.54) is 22.3 Å². The van der Waals surface area contributed by atoms with Gasteiger partial charge in [-0.3, -0.25) is 0 Å². The van der Waals surface area contributed by atoms with Crippen molar-refractivity contribution >= 4 is 54.6 Å². The van der Waals surface area contributed by atoms with Crippen LogP contribution in [0.1, 0.15) is 41.6 Å². The molecule has 7 aromatic heterocycles. The molecule has 0 saturated heterocycles. The molecule has 368 valence electrons. The average molecular weight is 1170 g/mol. The van der Waals surface area contributed by atoms with Gasteiger partial charge in [-0.2, -0.15) is 10.2 Å². The van der Waals surface area contributed by atoms with Gasteiger partial charge in [0, 0.05) is 61.3 Å². The molecule has 7 nitrogen and oxygen atoms in total. The molecule has 8 heteroatoms. The second-order valence-electron chi connectivity index (χ2n) is 19.4. The first-order chi connectivity index (χ1) is 39.9. The molecule has 0 bridgehead atoms. The minimum absolute atomic E-state index is 0. The number of pyridine rings is 5. The zero-order valence-corrected chi connectivity index (χ0v) is 43.8. The van der Waals surface area contributed by atoms with E-state index in [4.69, 9.17) is 13.2 Å². The second-order valence-corrected chi connectivity index (χ2v) is 19.4. The Morgan fingerprint density at radius 3 is 1.51 bits per heavy atom. The van der Waals surface area contributed by atoms with Crippen LogP contribution in [-0.4, -0.2) is 34.2 Å². The van der Waals surface area contributed by atoms with Crippen molar-refractivity contribution in [1.82, 2.24) is 34.2 Å². The maximum atomic E-state index is 8.29. The molecular formula is C69H48IrN7. The normalized spacial score (nSPS) is 13.1. The Labute approximate surface area is 468 Å². The predicted octanol–water partition coefficient (Wildman–Crippen LogP) is 15.7. The fourth-order valence-corrected chi connectivity index (χ4v) is 11.0. The minimum Gasteiger partial charge on any atom is -0.305 e. The van der Waals surface area contributed by atoms with Gasteiger partial charge >= 0.3 is 20.1 Å². The summed E-state index contributed by atoms with van der Waals surface area (Å²) in [6, 6.07) is 70.9. The van der Waals surface area contributed by atoms with Crippen molar-refractivity contribution in [1.29, 1.82) is 0 Å². The van der Waals surface area contributed by atoms with E-state index in [0.717, 1.165) is 114 Å². The van der Waals surface area contributed by atoms with Crippen molar-refractivity contribution in [2.24, 2.45) is 0 Å². The fourth-order valence-electron chi connectivity index (χ4n) is 11.0.